The largest absolute Gasteiger partial charge is 0.338 e. The topological polar surface area (TPSA) is 20.3 Å². The molecule has 2 rings (SSSR count). The summed E-state index contributed by atoms with van der Waals surface area (Å²) in [5.74, 6) is 0.298. The molecule has 2 nitrogen and oxygen atoms in total. The van der Waals surface area contributed by atoms with Crippen LogP contribution in [0.5, 0.6) is 0 Å². The molecule has 1 aromatic carbocycles. The van der Waals surface area contributed by atoms with Crippen LogP contribution in [-0.4, -0.2) is 17.4 Å². The maximum atomic E-state index is 12.7. The van der Waals surface area contributed by atoms with E-state index in [1.807, 2.05) is 23.1 Å². The van der Waals surface area contributed by atoms with E-state index in [2.05, 4.69) is 37.8 Å². The van der Waals surface area contributed by atoms with Crippen molar-refractivity contribution < 1.29 is 4.79 Å². The molecule has 0 fully saturated rings. The lowest BCUT2D eigenvalue weighted by molar-refractivity contribution is -0.135. The van der Waals surface area contributed by atoms with Gasteiger partial charge in [0.15, 0.2) is 0 Å². The summed E-state index contributed by atoms with van der Waals surface area (Å²) in [5, 5.41) is 0. The van der Waals surface area contributed by atoms with Crippen LogP contribution >= 0.6 is 0 Å². The molecule has 1 amide bonds. The number of carbonyl (C=O) groups excluding carboxylic acids is 1. The van der Waals surface area contributed by atoms with Crippen molar-refractivity contribution in [1.29, 1.82) is 0 Å². The lowest BCUT2D eigenvalue weighted by Gasteiger charge is -2.27. The zero-order valence-electron chi connectivity index (χ0n) is 12.2. The Balaban J connectivity index is 2.17. The third-order valence-electron chi connectivity index (χ3n) is 3.87. The Bertz CT molecular complexity index is 477. The Hall–Kier alpha value is -1.83. The van der Waals surface area contributed by atoms with Crippen molar-refractivity contribution >= 4 is 5.91 Å². The predicted octanol–water partition coefficient (Wildman–Crippen LogP) is 3.80. The third-order valence-corrected chi connectivity index (χ3v) is 3.87. The molecule has 0 N–H and O–H groups in total. The Morgan fingerprint density at radius 3 is 2.80 bits per heavy atom. The molecular weight excluding hydrogens is 246 g/mol. The van der Waals surface area contributed by atoms with Crippen LogP contribution in [0.1, 0.15) is 25.3 Å². The Morgan fingerprint density at radius 2 is 2.10 bits per heavy atom. The summed E-state index contributed by atoms with van der Waals surface area (Å²) < 4.78 is 0. The number of nitrogens with zero attached hydrogens (tertiary/aromatic N) is 1. The molecule has 2 heteroatoms. The van der Waals surface area contributed by atoms with Gasteiger partial charge in [0.05, 0.1) is 5.92 Å². The van der Waals surface area contributed by atoms with Gasteiger partial charge in [-0.25, -0.2) is 0 Å². The maximum Gasteiger partial charge on any atom is 0.230 e. The molecule has 0 saturated heterocycles. The van der Waals surface area contributed by atoms with Crippen LogP contribution in [0.15, 0.2) is 55.1 Å². The van der Waals surface area contributed by atoms with E-state index in [0.717, 1.165) is 19.4 Å². The van der Waals surface area contributed by atoms with Crippen LogP contribution in [0.4, 0.5) is 0 Å². The fourth-order valence-electron chi connectivity index (χ4n) is 2.65. The van der Waals surface area contributed by atoms with Gasteiger partial charge in [0.2, 0.25) is 5.91 Å². The number of hydrogen-bond donors (Lipinski definition) is 0. The van der Waals surface area contributed by atoms with Crippen LogP contribution in [-0.2, 0) is 11.3 Å². The molecule has 1 heterocycles. The second-order valence-electron chi connectivity index (χ2n) is 5.44. The number of hydrogen-bond acceptors (Lipinski definition) is 1. The van der Waals surface area contributed by atoms with E-state index >= 15 is 0 Å². The SMILES string of the molecule is C=C[C@@H]1C(=O)N(Cc2ccccc2)CCC/C=C/[C@@H]1C. The van der Waals surface area contributed by atoms with Crippen molar-refractivity contribution in [2.45, 2.75) is 26.3 Å². The second-order valence-corrected chi connectivity index (χ2v) is 5.44. The van der Waals surface area contributed by atoms with Gasteiger partial charge in [0, 0.05) is 13.1 Å². The van der Waals surface area contributed by atoms with Crippen molar-refractivity contribution in [3.05, 3.63) is 60.7 Å². The van der Waals surface area contributed by atoms with Crippen molar-refractivity contribution in [2.24, 2.45) is 11.8 Å². The number of rotatable bonds is 3. The number of carbonyl (C=O) groups is 1. The van der Waals surface area contributed by atoms with Crippen molar-refractivity contribution in [1.82, 2.24) is 4.90 Å². The molecule has 0 saturated carbocycles. The lowest BCUT2D eigenvalue weighted by Crippen LogP contribution is -2.37. The average Bonchev–Trinajstić information content (AvgIpc) is 2.52. The molecule has 1 aromatic rings. The van der Waals surface area contributed by atoms with Gasteiger partial charge in [-0.2, -0.15) is 0 Å². The zero-order chi connectivity index (χ0) is 14.4. The van der Waals surface area contributed by atoms with Crippen molar-refractivity contribution in [2.75, 3.05) is 6.54 Å². The van der Waals surface area contributed by atoms with Gasteiger partial charge in [-0.1, -0.05) is 55.5 Å². The van der Waals surface area contributed by atoms with Gasteiger partial charge < -0.3 is 4.90 Å². The molecule has 20 heavy (non-hydrogen) atoms. The summed E-state index contributed by atoms with van der Waals surface area (Å²) in [6, 6.07) is 10.2. The molecule has 0 aromatic heterocycles. The zero-order valence-corrected chi connectivity index (χ0v) is 12.2. The van der Waals surface area contributed by atoms with Gasteiger partial charge in [-0.05, 0) is 24.3 Å². The highest BCUT2D eigenvalue weighted by molar-refractivity contribution is 5.81. The summed E-state index contributed by atoms with van der Waals surface area (Å²) >= 11 is 0. The molecule has 1 aliphatic heterocycles. The summed E-state index contributed by atoms with van der Waals surface area (Å²) in [5.41, 5.74) is 1.18. The number of amides is 1. The van der Waals surface area contributed by atoms with Crippen molar-refractivity contribution in [3.63, 3.8) is 0 Å². The molecule has 0 radical (unpaired) electrons. The minimum atomic E-state index is -0.118. The first-order valence-corrected chi connectivity index (χ1v) is 7.34. The van der Waals surface area contributed by atoms with Crippen LogP contribution in [0.25, 0.3) is 0 Å². The fraction of sp³-hybridized carbons (Fsp3) is 0.389. The molecule has 0 aliphatic carbocycles. The van der Waals surface area contributed by atoms with E-state index in [0.29, 0.717) is 6.54 Å². The van der Waals surface area contributed by atoms with Crippen LogP contribution in [0, 0.1) is 11.8 Å². The first-order chi connectivity index (χ1) is 9.72. The molecule has 1 aliphatic rings. The Labute approximate surface area is 121 Å². The van der Waals surface area contributed by atoms with Gasteiger partial charge in [0.25, 0.3) is 0 Å². The average molecular weight is 269 g/mol. The van der Waals surface area contributed by atoms with E-state index in [-0.39, 0.29) is 17.7 Å². The summed E-state index contributed by atoms with van der Waals surface area (Å²) in [6.45, 7) is 7.44. The van der Waals surface area contributed by atoms with E-state index in [9.17, 15) is 4.79 Å². The molecular formula is C18H23NO. The third kappa shape index (κ3) is 3.60. The van der Waals surface area contributed by atoms with E-state index in [1.54, 1.807) is 6.08 Å². The molecule has 2 atom stereocenters. The number of benzene rings is 1. The van der Waals surface area contributed by atoms with Crippen molar-refractivity contribution in [3.8, 4) is 0 Å². The molecule has 106 valence electrons. The van der Waals surface area contributed by atoms with Crippen LogP contribution < -0.4 is 0 Å². The first kappa shape index (κ1) is 14.6. The van der Waals surface area contributed by atoms with Gasteiger partial charge in [-0.3, -0.25) is 4.79 Å². The fourth-order valence-corrected chi connectivity index (χ4v) is 2.65. The van der Waals surface area contributed by atoms with Gasteiger partial charge in [-0.15, -0.1) is 6.58 Å². The van der Waals surface area contributed by atoms with Gasteiger partial charge >= 0.3 is 0 Å². The highest BCUT2D eigenvalue weighted by Crippen LogP contribution is 2.21. The first-order valence-electron chi connectivity index (χ1n) is 7.34. The van der Waals surface area contributed by atoms with E-state index < -0.39 is 0 Å². The minimum absolute atomic E-state index is 0.118. The maximum absolute atomic E-state index is 12.7. The molecule has 0 bridgehead atoms. The van der Waals surface area contributed by atoms with Gasteiger partial charge in [0.1, 0.15) is 0 Å². The predicted molar refractivity (Wildman–Crippen MR) is 83.1 cm³/mol. The highest BCUT2D eigenvalue weighted by Gasteiger charge is 2.26. The van der Waals surface area contributed by atoms with Crippen LogP contribution in [0.3, 0.4) is 0 Å². The summed E-state index contributed by atoms with van der Waals surface area (Å²) in [7, 11) is 0. The minimum Gasteiger partial charge on any atom is -0.338 e. The van der Waals surface area contributed by atoms with Crippen LogP contribution in [0.2, 0.25) is 0 Å². The number of allylic oxidation sites excluding steroid dienone is 2. The Morgan fingerprint density at radius 1 is 1.35 bits per heavy atom. The highest BCUT2D eigenvalue weighted by atomic mass is 16.2. The standard InChI is InChI=1S/C18H23NO/c1-3-17-15(2)10-6-5-9-13-19(18(17)20)14-16-11-7-4-8-12-16/h3-4,6-8,10-12,15,17H,1,5,9,13-14H2,2H3/b10-6+/t15-,17-/m0/s1. The van der Waals surface area contributed by atoms with E-state index in [4.69, 9.17) is 0 Å². The monoisotopic (exact) mass is 269 g/mol. The lowest BCUT2D eigenvalue weighted by atomic mass is 9.92. The molecule has 0 unspecified atom stereocenters. The molecule has 0 spiro atoms. The Kier molecular flexibility index (Phi) is 5.16. The summed E-state index contributed by atoms with van der Waals surface area (Å²) in [6.07, 6.45) is 8.19. The smallest absolute Gasteiger partial charge is 0.230 e. The second kappa shape index (κ2) is 7.09. The quantitative estimate of drug-likeness (QED) is 0.764. The van der Waals surface area contributed by atoms with E-state index in [1.165, 1.54) is 5.56 Å². The summed E-state index contributed by atoms with van der Waals surface area (Å²) in [4.78, 5) is 14.7. The normalized spacial score (nSPS) is 25.4.